The fourth-order valence-electron chi connectivity index (χ4n) is 2.26. The molecule has 0 unspecified atom stereocenters. The normalized spacial score (nSPS) is 11.7. The zero-order valence-corrected chi connectivity index (χ0v) is 18.2. The van der Waals surface area contributed by atoms with Gasteiger partial charge < -0.3 is 9.47 Å². The Morgan fingerprint density at radius 1 is 1.17 bits per heavy atom. The van der Waals surface area contributed by atoms with E-state index in [2.05, 4.69) is 10.5 Å². The predicted octanol–water partition coefficient (Wildman–Crippen LogP) is 2.78. The molecular formula is C18H19Cl2N3O5S. The summed E-state index contributed by atoms with van der Waals surface area (Å²) < 4.78 is 36.7. The van der Waals surface area contributed by atoms with Gasteiger partial charge in [-0.1, -0.05) is 29.3 Å². The summed E-state index contributed by atoms with van der Waals surface area (Å²) in [5.74, 6) is -0.167. The van der Waals surface area contributed by atoms with Crippen LogP contribution in [-0.4, -0.2) is 52.7 Å². The summed E-state index contributed by atoms with van der Waals surface area (Å²) in [6.45, 7) is -0.464. The van der Waals surface area contributed by atoms with Crippen LogP contribution in [0, 0.1) is 0 Å². The maximum absolute atomic E-state index is 12.8. The van der Waals surface area contributed by atoms with E-state index in [9.17, 15) is 13.2 Å². The Labute approximate surface area is 179 Å². The van der Waals surface area contributed by atoms with Crippen LogP contribution in [0.25, 0.3) is 0 Å². The second-order valence-corrected chi connectivity index (χ2v) is 8.59. The molecule has 0 spiro atoms. The van der Waals surface area contributed by atoms with Gasteiger partial charge in [-0.3, -0.25) is 4.79 Å². The molecule has 11 heteroatoms. The van der Waals surface area contributed by atoms with E-state index in [4.69, 9.17) is 32.7 Å². The molecule has 2 rings (SSSR count). The number of hydrogen-bond acceptors (Lipinski definition) is 6. The zero-order chi connectivity index (χ0) is 21.6. The van der Waals surface area contributed by atoms with E-state index < -0.39 is 22.5 Å². The molecule has 0 saturated carbocycles. The summed E-state index contributed by atoms with van der Waals surface area (Å²) in [5, 5.41) is 4.61. The first-order chi connectivity index (χ1) is 13.7. The molecule has 1 amide bonds. The number of methoxy groups -OCH3 is 2. The van der Waals surface area contributed by atoms with Crippen molar-refractivity contribution in [2.75, 3.05) is 27.8 Å². The third-order valence-electron chi connectivity index (χ3n) is 3.78. The number of sulfonamides is 1. The van der Waals surface area contributed by atoms with Gasteiger partial charge in [0.15, 0.2) is 0 Å². The number of carbonyl (C=O) groups excluding carboxylic acids is 1. The van der Waals surface area contributed by atoms with Crippen LogP contribution in [0.15, 0.2) is 46.4 Å². The van der Waals surface area contributed by atoms with E-state index in [0.717, 1.165) is 4.31 Å². The van der Waals surface area contributed by atoms with Crippen molar-refractivity contribution >= 4 is 45.3 Å². The highest BCUT2D eigenvalue weighted by atomic mass is 35.5. The van der Waals surface area contributed by atoms with Gasteiger partial charge in [-0.2, -0.15) is 9.41 Å². The summed E-state index contributed by atoms with van der Waals surface area (Å²) in [5.41, 5.74) is 2.80. The SMILES string of the molecule is COc1ccc(OC)c(S(=O)(=O)N(C)CC(=O)NN=Cc2ccc(Cl)cc2Cl)c1. The van der Waals surface area contributed by atoms with Gasteiger partial charge in [0.25, 0.3) is 5.91 Å². The topological polar surface area (TPSA) is 97.3 Å². The Hall–Kier alpha value is -2.33. The first-order valence-corrected chi connectivity index (χ1v) is 10.3. The molecule has 0 saturated heterocycles. The standard InChI is InChI=1S/C18H19Cl2N3O5S/c1-23(29(25,26)17-9-14(27-2)6-7-16(17)28-3)11-18(24)22-21-10-12-4-5-13(19)8-15(12)20/h4-10H,11H2,1-3H3,(H,22,24). The number of amides is 1. The fourth-order valence-corrected chi connectivity index (χ4v) is 4.01. The smallest absolute Gasteiger partial charge is 0.255 e. The van der Waals surface area contributed by atoms with E-state index >= 15 is 0 Å². The molecule has 0 aromatic heterocycles. The average molecular weight is 460 g/mol. The molecule has 0 atom stereocenters. The van der Waals surface area contributed by atoms with Crippen LogP contribution < -0.4 is 14.9 Å². The second-order valence-electron chi connectivity index (χ2n) is 5.74. The molecule has 2 aromatic rings. The van der Waals surface area contributed by atoms with E-state index in [1.807, 2.05) is 0 Å². The van der Waals surface area contributed by atoms with Crippen molar-refractivity contribution in [3.8, 4) is 11.5 Å². The molecular weight excluding hydrogens is 441 g/mol. The van der Waals surface area contributed by atoms with Crippen LogP contribution in [0.2, 0.25) is 10.0 Å². The van der Waals surface area contributed by atoms with Gasteiger partial charge in [0.1, 0.15) is 16.4 Å². The quantitative estimate of drug-likeness (QED) is 0.483. The summed E-state index contributed by atoms with van der Waals surface area (Å²) in [7, 11) is 0.0215. The van der Waals surface area contributed by atoms with Crippen molar-refractivity contribution in [3.05, 3.63) is 52.0 Å². The highest BCUT2D eigenvalue weighted by molar-refractivity contribution is 7.89. The van der Waals surface area contributed by atoms with Crippen molar-refractivity contribution < 1.29 is 22.7 Å². The maximum atomic E-state index is 12.8. The van der Waals surface area contributed by atoms with Crippen LogP contribution in [-0.2, 0) is 14.8 Å². The number of benzene rings is 2. The highest BCUT2D eigenvalue weighted by Crippen LogP contribution is 2.30. The first-order valence-electron chi connectivity index (χ1n) is 8.14. The molecule has 0 radical (unpaired) electrons. The summed E-state index contributed by atoms with van der Waals surface area (Å²) >= 11 is 11.8. The fraction of sp³-hybridized carbons (Fsp3) is 0.222. The lowest BCUT2D eigenvalue weighted by molar-refractivity contribution is -0.121. The Kier molecular flexibility index (Phi) is 7.86. The van der Waals surface area contributed by atoms with Crippen molar-refractivity contribution in [1.82, 2.24) is 9.73 Å². The molecule has 0 aliphatic rings. The van der Waals surface area contributed by atoms with Gasteiger partial charge in [0, 0.05) is 23.7 Å². The lowest BCUT2D eigenvalue weighted by Crippen LogP contribution is -2.36. The molecule has 0 aliphatic heterocycles. The number of nitrogens with zero attached hydrogens (tertiary/aromatic N) is 2. The molecule has 156 valence electrons. The number of hydrogen-bond donors (Lipinski definition) is 1. The zero-order valence-electron chi connectivity index (χ0n) is 15.8. The third kappa shape index (κ3) is 5.83. The van der Waals surface area contributed by atoms with E-state index in [-0.39, 0.29) is 10.6 Å². The van der Waals surface area contributed by atoms with Gasteiger partial charge in [0.2, 0.25) is 10.0 Å². The molecule has 1 N–H and O–H groups in total. The van der Waals surface area contributed by atoms with Crippen LogP contribution >= 0.6 is 23.2 Å². The van der Waals surface area contributed by atoms with E-state index in [0.29, 0.717) is 21.4 Å². The minimum Gasteiger partial charge on any atom is -0.497 e. The molecule has 0 aliphatic carbocycles. The molecule has 8 nitrogen and oxygen atoms in total. The molecule has 29 heavy (non-hydrogen) atoms. The number of nitrogens with one attached hydrogen (secondary N) is 1. The Bertz CT molecular complexity index is 1030. The number of carbonyl (C=O) groups is 1. The first kappa shape index (κ1) is 23.0. The van der Waals surface area contributed by atoms with E-state index in [1.165, 1.54) is 45.7 Å². The van der Waals surface area contributed by atoms with Crippen LogP contribution in [0.1, 0.15) is 5.56 Å². The van der Waals surface area contributed by atoms with Gasteiger partial charge in [-0.15, -0.1) is 0 Å². The number of halogens is 2. The number of rotatable bonds is 8. The number of likely N-dealkylation sites (N-methyl/N-ethyl adjacent to an activating group) is 1. The largest absolute Gasteiger partial charge is 0.497 e. The average Bonchev–Trinajstić information content (AvgIpc) is 2.68. The minimum absolute atomic E-state index is 0.119. The Morgan fingerprint density at radius 3 is 2.52 bits per heavy atom. The third-order valence-corrected chi connectivity index (χ3v) is 6.17. The highest BCUT2D eigenvalue weighted by Gasteiger charge is 2.27. The summed E-state index contributed by atoms with van der Waals surface area (Å²) in [6.07, 6.45) is 1.33. The van der Waals surface area contributed by atoms with Crippen LogP contribution in [0.3, 0.4) is 0 Å². The van der Waals surface area contributed by atoms with Gasteiger partial charge in [-0.25, -0.2) is 13.8 Å². The Balaban J connectivity index is 2.09. The van der Waals surface area contributed by atoms with E-state index in [1.54, 1.807) is 18.2 Å². The van der Waals surface area contributed by atoms with Crippen LogP contribution in [0.4, 0.5) is 0 Å². The Morgan fingerprint density at radius 2 is 1.90 bits per heavy atom. The van der Waals surface area contributed by atoms with Crippen molar-refractivity contribution in [1.29, 1.82) is 0 Å². The minimum atomic E-state index is -4.02. The predicted molar refractivity (Wildman–Crippen MR) is 112 cm³/mol. The maximum Gasteiger partial charge on any atom is 0.255 e. The second kappa shape index (κ2) is 9.93. The van der Waals surface area contributed by atoms with Gasteiger partial charge in [-0.05, 0) is 24.3 Å². The van der Waals surface area contributed by atoms with Crippen molar-refractivity contribution in [3.63, 3.8) is 0 Å². The van der Waals surface area contributed by atoms with Crippen molar-refractivity contribution in [2.45, 2.75) is 4.90 Å². The molecule has 2 aromatic carbocycles. The van der Waals surface area contributed by atoms with Gasteiger partial charge in [0.05, 0.1) is 32.0 Å². The molecule has 0 fully saturated rings. The molecule has 0 bridgehead atoms. The van der Waals surface area contributed by atoms with Crippen molar-refractivity contribution in [2.24, 2.45) is 5.10 Å². The lowest BCUT2D eigenvalue weighted by Gasteiger charge is -2.18. The van der Waals surface area contributed by atoms with Gasteiger partial charge >= 0.3 is 0 Å². The molecule has 0 heterocycles. The summed E-state index contributed by atoms with van der Waals surface area (Å²) in [6, 6.07) is 9.16. The van der Waals surface area contributed by atoms with Crippen LogP contribution in [0.5, 0.6) is 11.5 Å². The lowest BCUT2D eigenvalue weighted by atomic mass is 10.2. The summed E-state index contributed by atoms with van der Waals surface area (Å²) in [4.78, 5) is 12.0. The number of ether oxygens (including phenoxy) is 2. The number of hydrazone groups is 1. The monoisotopic (exact) mass is 459 g/mol.